The van der Waals surface area contributed by atoms with Crippen LogP contribution in [-0.4, -0.2) is 34.0 Å². The SMILES string of the molecule is O=C(O)C1CC2CCC1N2C(=O)c1cc(F)c(Cl)cc1F. The summed E-state index contributed by atoms with van der Waals surface area (Å²) in [5.74, 6) is -4.03. The monoisotopic (exact) mass is 315 g/mol. The van der Waals surface area contributed by atoms with E-state index in [0.717, 1.165) is 12.1 Å². The van der Waals surface area contributed by atoms with Crippen LogP contribution in [0.1, 0.15) is 29.6 Å². The van der Waals surface area contributed by atoms with Gasteiger partial charge in [-0.3, -0.25) is 9.59 Å². The molecule has 2 fully saturated rings. The first-order valence-electron chi connectivity index (χ1n) is 6.60. The fraction of sp³-hybridized carbons (Fsp3) is 0.429. The Morgan fingerprint density at radius 2 is 1.95 bits per heavy atom. The predicted octanol–water partition coefficient (Wildman–Crippen LogP) is 2.70. The summed E-state index contributed by atoms with van der Waals surface area (Å²) in [5.41, 5.74) is -0.403. The van der Waals surface area contributed by atoms with Crippen LogP contribution in [0.4, 0.5) is 8.78 Å². The Kier molecular flexibility index (Phi) is 3.36. The van der Waals surface area contributed by atoms with Crippen LogP contribution in [0.2, 0.25) is 5.02 Å². The van der Waals surface area contributed by atoms with Gasteiger partial charge in [-0.15, -0.1) is 0 Å². The Balaban J connectivity index is 1.93. The summed E-state index contributed by atoms with van der Waals surface area (Å²) in [4.78, 5) is 25.0. The van der Waals surface area contributed by atoms with E-state index in [0.29, 0.717) is 19.3 Å². The zero-order chi connectivity index (χ0) is 15.3. The lowest BCUT2D eigenvalue weighted by Gasteiger charge is -2.23. The molecule has 1 aromatic carbocycles. The first kappa shape index (κ1) is 14.3. The number of fused-ring (bicyclic) bond motifs is 2. The van der Waals surface area contributed by atoms with Crippen LogP contribution in [0.3, 0.4) is 0 Å². The number of amides is 1. The van der Waals surface area contributed by atoms with E-state index < -0.39 is 46.1 Å². The summed E-state index contributed by atoms with van der Waals surface area (Å²) in [5, 5.41) is 8.76. The van der Waals surface area contributed by atoms with E-state index in [1.165, 1.54) is 4.90 Å². The fourth-order valence-corrected chi connectivity index (χ4v) is 3.55. The molecule has 2 bridgehead atoms. The Bertz CT molecular complexity index is 637. The van der Waals surface area contributed by atoms with Gasteiger partial charge < -0.3 is 10.0 Å². The zero-order valence-corrected chi connectivity index (χ0v) is 11.6. The second kappa shape index (κ2) is 4.94. The van der Waals surface area contributed by atoms with Crippen LogP contribution in [0.25, 0.3) is 0 Å². The Morgan fingerprint density at radius 3 is 2.57 bits per heavy atom. The standard InChI is InChI=1S/C14H12ClF2NO3/c15-9-5-10(16)7(4-11(9)17)13(19)18-6-1-2-12(18)8(3-6)14(20)21/h4-6,8,12H,1-3H2,(H,20,21). The molecular weight excluding hydrogens is 304 g/mol. The minimum atomic E-state index is -0.956. The van der Waals surface area contributed by atoms with Crippen molar-refractivity contribution in [2.45, 2.75) is 31.3 Å². The second-order valence-electron chi connectivity index (χ2n) is 5.44. The number of halogens is 3. The van der Waals surface area contributed by atoms with E-state index in [1.807, 2.05) is 0 Å². The molecule has 1 aromatic rings. The second-order valence-corrected chi connectivity index (χ2v) is 5.84. The molecule has 2 heterocycles. The first-order chi connectivity index (χ1) is 9.90. The van der Waals surface area contributed by atoms with Gasteiger partial charge in [-0.05, 0) is 31.4 Å². The number of hydrogen-bond donors (Lipinski definition) is 1. The predicted molar refractivity (Wildman–Crippen MR) is 70.1 cm³/mol. The van der Waals surface area contributed by atoms with Gasteiger partial charge in [-0.1, -0.05) is 11.6 Å². The maximum absolute atomic E-state index is 13.8. The highest BCUT2D eigenvalue weighted by Gasteiger charge is 2.51. The van der Waals surface area contributed by atoms with E-state index in [2.05, 4.69) is 0 Å². The van der Waals surface area contributed by atoms with Crippen LogP contribution in [0.15, 0.2) is 12.1 Å². The number of benzene rings is 1. The molecule has 2 aliphatic rings. The van der Waals surface area contributed by atoms with Crippen molar-refractivity contribution < 1.29 is 23.5 Å². The molecule has 0 saturated carbocycles. The maximum atomic E-state index is 13.8. The number of rotatable bonds is 2. The minimum absolute atomic E-state index is 0.221. The molecule has 2 aliphatic heterocycles. The van der Waals surface area contributed by atoms with E-state index in [4.69, 9.17) is 16.7 Å². The van der Waals surface area contributed by atoms with Gasteiger partial charge in [0.1, 0.15) is 11.6 Å². The van der Waals surface area contributed by atoms with E-state index in [9.17, 15) is 18.4 Å². The van der Waals surface area contributed by atoms with Crippen molar-refractivity contribution in [3.05, 3.63) is 34.4 Å². The van der Waals surface area contributed by atoms with Crippen LogP contribution in [0, 0.1) is 17.6 Å². The van der Waals surface area contributed by atoms with Gasteiger partial charge >= 0.3 is 5.97 Å². The molecule has 3 rings (SSSR count). The number of carboxylic acids is 1. The minimum Gasteiger partial charge on any atom is -0.481 e. The van der Waals surface area contributed by atoms with Gasteiger partial charge in [-0.25, -0.2) is 8.78 Å². The molecule has 2 saturated heterocycles. The number of aliphatic carboxylic acids is 1. The summed E-state index contributed by atoms with van der Waals surface area (Å²) < 4.78 is 27.3. The summed E-state index contributed by atoms with van der Waals surface area (Å²) in [6.45, 7) is 0. The quantitative estimate of drug-likeness (QED) is 0.854. The normalized spacial score (nSPS) is 27.2. The van der Waals surface area contributed by atoms with Crippen molar-refractivity contribution in [1.82, 2.24) is 4.90 Å². The molecule has 21 heavy (non-hydrogen) atoms. The van der Waals surface area contributed by atoms with Gasteiger partial charge in [0.15, 0.2) is 0 Å². The molecule has 3 atom stereocenters. The summed E-state index contributed by atoms with van der Waals surface area (Å²) in [7, 11) is 0. The van der Waals surface area contributed by atoms with E-state index in [1.54, 1.807) is 0 Å². The molecule has 7 heteroatoms. The highest BCUT2D eigenvalue weighted by atomic mass is 35.5. The fourth-order valence-electron chi connectivity index (χ4n) is 3.40. The lowest BCUT2D eigenvalue weighted by atomic mass is 9.89. The maximum Gasteiger partial charge on any atom is 0.308 e. The summed E-state index contributed by atoms with van der Waals surface area (Å²) in [6.07, 6.45) is 1.63. The molecule has 0 radical (unpaired) electrons. The largest absolute Gasteiger partial charge is 0.481 e. The van der Waals surface area contributed by atoms with Crippen LogP contribution < -0.4 is 0 Å². The highest BCUT2D eigenvalue weighted by Crippen LogP contribution is 2.42. The number of carbonyl (C=O) groups excluding carboxylic acids is 1. The first-order valence-corrected chi connectivity index (χ1v) is 6.98. The lowest BCUT2D eigenvalue weighted by molar-refractivity contribution is -0.142. The van der Waals surface area contributed by atoms with E-state index in [-0.39, 0.29) is 6.04 Å². The van der Waals surface area contributed by atoms with Crippen LogP contribution >= 0.6 is 11.6 Å². The number of carbonyl (C=O) groups is 2. The Morgan fingerprint density at radius 1 is 1.24 bits per heavy atom. The van der Waals surface area contributed by atoms with Gasteiger partial charge in [0.25, 0.3) is 5.91 Å². The highest BCUT2D eigenvalue weighted by molar-refractivity contribution is 6.30. The van der Waals surface area contributed by atoms with Gasteiger partial charge in [0, 0.05) is 12.1 Å². The molecule has 3 unspecified atom stereocenters. The Labute approximate surface area is 124 Å². The summed E-state index contributed by atoms with van der Waals surface area (Å²) in [6, 6.07) is 0.865. The third kappa shape index (κ3) is 2.18. The van der Waals surface area contributed by atoms with Crippen molar-refractivity contribution >= 4 is 23.5 Å². The van der Waals surface area contributed by atoms with Gasteiger partial charge in [0.05, 0.1) is 16.5 Å². The van der Waals surface area contributed by atoms with Crippen molar-refractivity contribution in [2.24, 2.45) is 5.92 Å². The van der Waals surface area contributed by atoms with Crippen molar-refractivity contribution in [2.75, 3.05) is 0 Å². The van der Waals surface area contributed by atoms with Crippen LogP contribution in [0.5, 0.6) is 0 Å². The summed E-state index contributed by atoms with van der Waals surface area (Å²) >= 11 is 5.47. The number of hydrogen-bond acceptors (Lipinski definition) is 2. The molecule has 0 aromatic heterocycles. The van der Waals surface area contributed by atoms with Crippen molar-refractivity contribution in [3.8, 4) is 0 Å². The number of carboxylic acid groups (broad SMARTS) is 1. The average molecular weight is 316 g/mol. The molecule has 1 amide bonds. The third-order valence-corrected chi connectivity index (χ3v) is 4.62. The lowest BCUT2D eigenvalue weighted by Crippen LogP contribution is -2.38. The molecule has 1 N–H and O–H groups in total. The van der Waals surface area contributed by atoms with Gasteiger partial charge in [0.2, 0.25) is 0 Å². The Hall–Kier alpha value is -1.69. The molecular formula is C14H12ClF2NO3. The zero-order valence-electron chi connectivity index (χ0n) is 10.9. The number of nitrogens with zero attached hydrogens (tertiary/aromatic N) is 1. The van der Waals surface area contributed by atoms with Crippen LogP contribution in [-0.2, 0) is 4.79 Å². The van der Waals surface area contributed by atoms with Crippen molar-refractivity contribution in [3.63, 3.8) is 0 Å². The van der Waals surface area contributed by atoms with Gasteiger partial charge in [-0.2, -0.15) is 0 Å². The van der Waals surface area contributed by atoms with E-state index >= 15 is 0 Å². The molecule has 0 aliphatic carbocycles. The van der Waals surface area contributed by atoms with Crippen molar-refractivity contribution in [1.29, 1.82) is 0 Å². The molecule has 4 nitrogen and oxygen atoms in total. The molecule has 112 valence electrons. The average Bonchev–Trinajstić information content (AvgIpc) is 2.99. The smallest absolute Gasteiger partial charge is 0.308 e. The topological polar surface area (TPSA) is 57.6 Å². The molecule has 0 spiro atoms. The third-order valence-electron chi connectivity index (χ3n) is 4.33.